The molecule has 2 rings (SSSR count). The Bertz CT molecular complexity index is 644. The summed E-state index contributed by atoms with van der Waals surface area (Å²) >= 11 is 0. The number of carbonyl (C=O) groups is 3. The molecule has 2 aliphatic heterocycles. The highest BCUT2D eigenvalue weighted by Crippen LogP contribution is 2.30. The molecule has 0 aliphatic carbocycles. The van der Waals surface area contributed by atoms with Crippen LogP contribution in [0.15, 0.2) is 0 Å². The van der Waals surface area contributed by atoms with Crippen LogP contribution in [-0.2, 0) is 33.3 Å². The SMILES string of the molecule is CC(=O)O[C@H]1[C@H](O[C@@H]2[C@@H](O)[C@H](O)O[C@H](C)[C@H]2NC(=O)CC(=O)O)O[C@@H](C)[C@H](O)[C@H]1O. The second kappa shape index (κ2) is 9.96. The maximum absolute atomic E-state index is 11.9. The van der Waals surface area contributed by atoms with Crippen molar-refractivity contribution < 1.29 is 58.9 Å². The summed E-state index contributed by atoms with van der Waals surface area (Å²) in [5, 5.41) is 51.7. The quantitative estimate of drug-likeness (QED) is 0.180. The van der Waals surface area contributed by atoms with Crippen LogP contribution in [0.2, 0.25) is 0 Å². The van der Waals surface area contributed by atoms with Crippen LogP contribution in [0.3, 0.4) is 0 Å². The normalized spacial score (nSPS) is 41.7. The van der Waals surface area contributed by atoms with Crippen molar-refractivity contribution in [1.82, 2.24) is 5.32 Å². The summed E-state index contributed by atoms with van der Waals surface area (Å²) in [6.45, 7) is 3.94. The zero-order valence-corrected chi connectivity index (χ0v) is 16.6. The van der Waals surface area contributed by atoms with E-state index in [0.717, 1.165) is 6.92 Å². The van der Waals surface area contributed by atoms with E-state index in [2.05, 4.69) is 5.32 Å². The fraction of sp³-hybridized carbons (Fsp3) is 0.824. The molecule has 10 atom stereocenters. The number of aliphatic hydroxyl groups is 4. The second-order valence-corrected chi connectivity index (χ2v) is 7.25. The van der Waals surface area contributed by atoms with E-state index in [1.165, 1.54) is 13.8 Å². The van der Waals surface area contributed by atoms with Crippen LogP contribution in [-0.4, -0.2) is 105 Å². The highest BCUT2D eigenvalue weighted by Gasteiger charge is 2.51. The molecule has 13 nitrogen and oxygen atoms in total. The molecule has 2 aliphatic rings. The Labute approximate surface area is 171 Å². The molecule has 2 saturated heterocycles. The van der Waals surface area contributed by atoms with E-state index in [9.17, 15) is 34.8 Å². The summed E-state index contributed by atoms with van der Waals surface area (Å²) in [4.78, 5) is 34.1. The lowest BCUT2D eigenvalue weighted by Crippen LogP contribution is -2.66. The molecule has 0 aromatic rings. The largest absolute Gasteiger partial charge is 0.481 e. The highest BCUT2D eigenvalue weighted by molar-refractivity contribution is 5.93. The zero-order chi connectivity index (χ0) is 22.7. The maximum atomic E-state index is 11.9. The summed E-state index contributed by atoms with van der Waals surface area (Å²) in [6.07, 6.45) is -13.5. The number of carbonyl (C=O) groups excluding carboxylic acids is 2. The van der Waals surface area contributed by atoms with Crippen molar-refractivity contribution in [3.8, 4) is 0 Å². The van der Waals surface area contributed by atoms with E-state index in [0.29, 0.717) is 0 Å². The van der Waals surface area contributed by atoms with Gasteiger partial charge in [0.15, 0.2) is 18.7 Å². The molecule has 30 heavy (non-hydrogen) atoms. The lowest BCUT2D eigenvalue weighted by atomic mass is 9.95. The number of amides is 1. The van der Waals surface area contributed by atoms with Gasteiger partial charge in [-0.2, -0.15) is 0 Å². The van der Waals surface area contributed by atoms with E-state index < -0.39 is 85.6 Å². The van der Waals surface area contributed by atoms with Gasteiger partial charge in [-0.05, 0) is 13.8 Å². The number of ether oxygens (including phenoxy) is 4. The molecule has 0 radical (unpaired) electrons. The van der Waals surface area contributed by atoms with Crippen molar-refractivity contribution in [2.75, 3.05) is 0 Å². The Balaban J connectivity index is 2.26. The molecule has 0 bridgehead atoms. The molecule has 0 unspecified atom stereocenters. The molecular formula is C17H27NO12. The summed E-state index contributed by atoms with van der Waals surface area (Å²) in [6, 6.07) is -1.13. The number of esters is 1. The maximum Gasteiger partial charge on any atom is 0.312 e. The van der Waals surface area contributed by atoms with Crippen molar-refractivity contribution in [2.45, 2.75) is 88.5 Å². The fourth-order valence-electron chi connectivity index (χ4n) is 3.35. The van der Waals surface area contributed by atoms with Gasteiger partial charge >= 0.3 is 11.9 Å². The molecule has 1 amide bonds. The number of hydrogen-bond acceptors (Lipinski definition) is 11. The Morgan fingerprint density at radius 2 is 1.57 bits per heavy atom. The zero-order valence-electron chi connectivity index (χ0n) is 16.6. The monoisotopic (exact) mass is 437 g/mol. The molecule has 172 valence electrons. The van der Waals surface area contributed by atoms with Gasteiger partial charge in [0.25, 0.3) is 0 Å². The number of aliphatic carboxylic acids is 1. The second-order valence-electron chi connectivity index (χ2n) is 7.25. The van der Waals surface area contributed by atoms with Crippen molar-refractivity contribution in [1.29, 1.82) is 0 Å². The van der Waals surface area contributed by atoms with Crippen LogP contribution in [0.4, 0.5) is 0 Å². The predicted molar refractivity (Wildman–Crippen MR) is 93.5 cm³/mol. The third kappa shape index (κ3) is 5.63. The molecule has 13 heteroatoms. The first-order valence-corrected chi connectivity index (χ1v) is 9.29. The van der Waals surface area contributed by atoms with E-state index in [1.54, 1.807) is 0 Å². The smallest absolute Gasteiger partial charge is 0.312 e. The number of hydrogen-bond donors (Lipinski definition) is 6. The van der Waals surface area contributed by atoms with Crippen LogP contribution in [0.5, 0.6) is 0 Å². The van der Waals surface area contributed by atoms with Crippen molar-refractivity contribution in [2.24, 2.45) is 0 Å². The Kier molecular flexibility index (Phi) is 8.10. The minimum absolute atomic E-state index is 0.801. The molecule has 0 aromatic carbocycles. The first kappa shape index (κ1) is 24.4. The summed E-state index contributed by atoms with van der Waals surface area (Å²) < 4.78 is 21.3. The third-order valence-corrected chi connectivity index (χ3v) is 4.86. The van der Waals surface area contributed by atoms with E-state index in [-0.39, 0.29) is 0 Å². The van der Waals surface area contributed by atoms with Crippen molar-refractivity contribution in [3.63, 3.8) is 0 Å². The van der Waals surface area contributed by atoms with Crippen LogP contribution >= 0.6 is 0 Å². The summed E-state index contributed by atoms with van der Waals surface area (Å²) in [5.74, 6) is -3.08. The fourth-order valence-corrected chi connectivity index (χ4v) is 3.35. The van der Waals surface area contributed by atoms with Gasteiger partial charge in [0.2, 0.25) is 5.91 Å². The van der Waals surface area contributed by atoms with Gasteiger partial charge in [0.1, 0.15) is 30.8 Å². The van der Waals surface area contributed by atoms with E-state index in [4.69, 9.17) is 24.1 Å². The number of aliphatic hydroxyl groups excluding tert-OH is 4. The molecule has 6 N–H and O–H groups in total. The number of rotatable bonds is 6. The average Bonchev–Trinajstić information content (AvgIpc) is 2.63. The Morgan fingerprint density at radius 1 is 0.933 bits per heavy atom. The number of carboxylic acids is 1. The molecule has 2 fully saturated rings. The van der Waals surface area contributed by atoms with E-state index >= 15 is 0 Å². The van der Waals surface area contributed by atoms with Gasteiger partial charge in [-0.15, -0.1) is 0 Å². The highest BCUT2D eigenvalue weighted by atomic mass is 16.7. The van der Waals surface area contributed by atoms with Gasteiger partial charge in [-0.3, -0.25) is 14.4 Å². The van der Waals surface area contributed by atoms with Crippen LogP contribution in [0.25, 0.3) is 0 Å². The van der Waals surface area contributed by atoms with Gasteiger partial charge in [-0.25, -0.2) is 0 Å². The van der Waals surface area contributed by atoms with Crippen molar-refractivity contribution in [3.05, 3.63) is 0 Å². The van der Waals surface area contributed by atoms with Gasteiger partial charge in [0.05, 0.1) is 18.2 Å². The molecule has 0 aromatic heterocycles. The molecule has 0 spiro atoms. The first-order valence-electron chi connectivity index (χ1n) is 9.29. The first-order chi connectivity index (χ1) is 13.9. The minimum Gasteiger partial charge on any atom is -0.481 e. The van der Waals surface area contributed by atoms with Gasteiger partial charge in [0, 0.05) is 6.92 Å². The Hall–Kier alpha value is -1.87. The topological polar surface area (TPSA) is 201 Å². The minimum atomic E-state index is -1.71. The lowest BCUT2D eigenvalue weighted by molar-refractivity contribution is -0.338. The number of carboxylic acid groups (broad SMARTS) is 1. The predicted octanol–water partition coefficient (Wildman–Crippen LogP) is -3.17. The molecule has 2 heterocycles. The Morgan fingerprint density at radius 3 is 2.13 bits per heavy atom. The summed E-state index contributed by atoms with van der Waals surface area (Å²) in [5.41, 5.74) is 0. The molecular weight excluding hydrogens is 410 g/mol. The molecule has 0 saturated carbocycles. The average molecular weight is 437 g/mol. The van der Waals surface area contributed by atoms with Crippen LogP contribution in [0.1, 0.15) is 27.2 Å². The lowest BCUT2D eigenvalue weighted by Gasteiger charge is -2.46. The van der Waals surface area contributed by atoms with Crippen molar-refractivity contribution >= 4 is 17.8 Å². The third-order valence-electron chi connectivity index (χ3n) is 4.86. The summed E-state index contributed by atoms with van der Waals surface area (Å²) in [7, 11) is 0. The van der Waals surface area contributed by atoms with E-state index in [1.807, 2.05) is 0 Å². The van der Waals surface area contributed by atoms with Crippen LogP contribution in [0, 0.1) is 0 Å². The number of nitrogens with one attached hydrogen (secondary N) is 1. The standard InChI is InChI=1S/C17H27NO12/c1-5-10(18-8(20)4-9(21)22)14(13(25)16(26)27-5)30-17-15(29-7(3)19)12(24)11(23)6(2)28-17/h5-6,10-17,23-26H,4H2,1-3H3,(H,18,20)(H,21,22)/t5-,6+,10-,11+,12-,13-,14+,15-,16-,17+/m1/s1. The van der Waals surface area contributed by atoms with Gasteiger partial charge in [-0.1, -0.05) is 0 Å². The van der Waals surface area contributed by atoms with Gasteiger partial charge < -0.3 is 49.8 Å². The van der Waals surface area contributed by atoms with Crippen LogP contribution < -0.4 is 5.32 Å².